The second-order valence-electron chi connectivity index (χ2n) is 4.75. The molecule has 0 fully saturated rings. The van der Waals surface area contributed by atoms with Crippen molar-refractivity contribution in [3.05, 3.63) is 35.4 Å². The molecule has 20 heavy (non-hydrogen) atoms. The first kappa shape index (κ1) is 16.5. The Morgan fingerprint density at radius 3 is 2.65 bits per heavy atom. The Balaban J connectivity index is 2.58. The molecule has 0 bridgehead atoms. The third kappa shape index (κ3) is 6.08. The van der Waals surface area contributed by atoms with Crippen molar-refractivity contribution in [3.63, 3.8) is 0 Å². The van der Waals surface area contributed by atoms with Crippen molar-refractivity contribution in [1.29, 1.82) is 0 Å². The first-order valence-corrected chi connectivity index (χ1v) is 6.80. The Bertz CT molecular complexity index is 426. The zero-order valence-electron chi connectivity index (χ0n) is 12.9. The highest BCUT2D eigenvalue weighted by atomic mass is 16.5. The minimum absolute atomic E-state index is 0.560. The van der Waals surface area contributed by atoms with Crippen LogP contribution < -0.4 is 14.8 Å². The predicted molar refractivity (Wildman–Crippen MR) is 81.5 cm³/mol. The van der Waals surface area contributed by atoms with Gasteiger partial charge in [0.25, 0.3) is 0 Å². The van der Waals surface area contributed by atoms with Crippen LogP contribution in [0.1, 0.15) is 19.4 Å². The Morgan fingerprint density at radius 2 is 2.00 bits per heavy atom. The number of hydrogen-bond donors (Lipinski definition) is 1. The molecule has 0 amide bonds. The average Bonchev–Trinajstić information content (AvgIpc) is 2.44. The van der Waals surface area contributed by atoms with Crippen molar-refractivity contribution in [2.75, 3.05) is 34.0 Å². The van der Waals surface area contributed by atoms with Gasteiger partial charge in [0.15, 0.2) is 11.5 Å². The first-order valence-electron chi connectivity index (χ1n) is 6.80. The van der Waals surface area contributed by atoms with Gasteiger partial charge in [-0.1, -0.05) is 11.6 Å². The molecule has 1 rings (SSSR count). The Labute approximate surface area is 121 Å². The van der Waals surface area contributed by atoms with E-state index in [0.717, 1.165) is 30.2 Å². The molecule has 0 aliphatic heterocycles. The van der Waals surface area contributed by atoms with Gasteiger partial charge in [-0.15, -0.1) is 0 Å². The Morgan fingerprint density at radius 1 is 1.20 bits per heavy atom. The summed E-state index contributed by atoms with van der Waals surface area (Å²) in [4.78, 5) is 0. The molecule has 4 heteroatoms. The first-order chi connectivity index (χ1) is 9.67. The molecule has 0 saturated heterocycles. The molecular formula is C16H25NO3. The number of rotatable bonds is 9. The van der Waals surface area contributed by atoms with Crippen molar-refractivity contribution in [2.24, 2.45) is 0 Å². The van der Waals surface area contributed by atoms with E-state index >= 15 is 0 Å². The molecule has 0 aliphatic carbocycles. The molecule has 1 aromatic carbocycles. The van der Waals surface area contributed by atoms with Crippen molar-refractivity contribution in [1.82, 2.24) is 5.32 Å². The van der Waals surface area contributed by atoms with Gasteiger partial charge in [-0.2, -0.15) is 0 Å². The second-order valence-corrected chi connectivity index (χ2v) is 4.75. The van der Waals surface area contributed by atoms with Gasteiger partial charge >= 0.3 is 0 Å². The molecule has 0 heterocycles. The van der Waals surface area contributed by atoms with E-state index in [1.807, 2.05) is 24.3 Å². The molecule has 4 nitrogen and oxygen atoms in total. The predicted octanol–water partition coefficient (Wildman–Crippen LogP) is 2.78. The van der Waals surface area contributed by atoms with Gasteiger partial charge in [0.05, 0.1) is 13.7 Å². The maximum absolute atomic E-state index is 5.70. The van der Waals surface area contributed by atoms with Crippen molar-refractivity contribution in [3.8, 4) is 11.5 Å². The fourth-order valence-electron chi connectivity index (χ4n) is 1.65. The summed E-state index contributed by atoms with van der Waals surface area (Å²) in [5.74, 6) is 1.53. The van der Waals surface area contributed by atoms with Crippen LogP contribution in [0.4, 0.5) is 0 Å². The molecular weight excluding hydrogens is 254 g/mol. The van der Waals surface area contributed by atoms with Gasteiger partial charge in [-0.3, -0.25) is 0 Å². The van der Waals surface area contributed by atoms with Gasteiger partial charge in [-0.05, 0) is 37.6 Å². The number of methoxy groups -OCH3 is 2. The summed E-state index contributed by atoms with van der Waals surface area (Å²) in [5.41, 5.74) is 2.40. The van der Waals surface area contributed by atoms with Gasteiger partial charge < -0.3 is 19.5 Å². The normalized spacial score (nSPS) is 10.2. The van der Waals surface area contributed by atoms with E-state index in [0.29, 0.717) is 13.2 Å². The van der Waals surface area contributed by atoms with Crippen LogP contribution in [-0.2, 0) is 11.3 Å². The van der Waals surface area contributed by atoms with E-state index in [1.165, 1.54) is 5.57 Å². The van der Waals surface area contributed by atoms with Gasteiger partial charge in [0, 0.05) is 20.2 Å². The summed E-state index contributed by atoms with van der Waals surface area (Å²) in [6, 6.07) is 5.99. The maximum atomic E-state index is 5.70. The lowest BCUT2D eigenvalue weighted by atomic mass is 10.2. The molecule has 0 aromatic heterocycles. The summed E-state index contributed by atoms with van der Waals surface area (Å²) in [6.07, 6.45) is 2.04. The van der Waals surface area contributed by atoms with Crippen LogP contribution in [0.15, 0.2) is 29.8 Å². The van der Waals surface area contributed by atoms with Gasteiger partial charge in [0.2, 0.25) is 0 Å². The fraction of sp³-hybridized carbons (Fsp3) is 0.500. The number of benzene rings is 1. The number of nitrogens with one attached hydrogen (secondary N) is 1. The van der Waals surface area contributed by atoms with Crippen LogP contribution in [-0.4, -0.2) is 34.0 Å². The van der Waals surface area contributed by atoms with Crippen molar-refractivity contribution < 1.29 is 14.2 Å². The molecule has 0 aliphatic rings. The Hall–Kier alpha value is -1.52. The topological polar surface area (TPSA) is 39.7 Å². The van der Waals surface area contributed by atoms with Crippen molar-refractivity contribution in [2.45, 2.75) is 20.4 Å². The summed E-state index contributed by atoms with van der Waals surface area (Å²) in [6.45, 7) is 6.99. The minimum atomic E-state index is 0.560. The van der Waals surface area contributed by atoms with Crippen LogP contribution in [0, 0.1) is 0 Å². The van der Waals surface area contributed by atoms with Crippen molar-refractivity contribution >= 4 is 0 Å². The quantitative estimate of drug-likeness (QED) is 0.557. The smallest absolute Gasteiger partial charge is 0.161 e. The van der Waals surface area contributed by atoms with E-state index in [2.05, 4.69) is 19.2 Å². The zero-order valence-corrected chi connectivity index (χ0v) is 12.9. The zero-order chi connectivity index (χ0) is 14.8. The standard InChI is InChI=1S/C16H25NO3/c1-13(2)7-9-20-15-6-5-14(11-16(15)19-4)12-17-8-10-18-3/h5-7,11,17H,8-10,12H2,1-4H3. The molecule has 0 radical (unpaired) electrons. The molecule has 0 unspecified atom stereocenters. The number of allylic oxidation sites excluding steroid dienone is 1. The Kier molecular flexibility index (Phi) is 7.77. The average molecular weight is 279 g/mol. The highest BCUT2D eigenvalue weighted by molar-refractivity contribution is 5.43. The summed E-state index contributed by atoms with van der Waals surface area (Å²) >= 11 is 0. The van der Waals surface area contributed by atoms with Crippen LogP contribution in [0.3, 0.4) is 0 Å². The second kappa shape index (κ2) is 9.39. The van der Waals surface area contributed by atoms with E-state index in [-0.39, 0.29) is 0 Å². The van der Waals surface area contributed by atoms with Crippen LogP contribution in [0.25, 0.3) is 0 Å². The maximum Gasteiger partial charge on any atom is 0.161 e. The highest BCUT2D eigenvalue weighted by Crippen LogP contribution is 2.28. The fourth-order valence-corrected chi connectivity index (χ4v) is 1.65. The minimum Gasteiger partial charge on any atom is -0.493 e. The molecule has 1 aromatic rings. The SMILES string of the molecule is COCCNCc1ccc(OCC=C(C)C)c(OC)c1. The highest BCUT2D eigenvalue weighted by Gasteiger charge is 2.05. The third-order valence-corrected chi connectivity index (χ3v) is 2.77. The lowest BCUT2D eigenvalue weighted by molar-refractivity contribution is 0.199. The molecule has 0 saturated carbocycles. The van der Waals surface area contributed by atoms with E-state index in [9.17, 15) is 0 Å². The summed E-state index contributed by atoms with van der Waals surface area (Å²) in [7, 11) is 3.36. The number of hydrogen-bond acceptors (Lipinski definition) is 4. The van der Waals surface area contributed by atoms with Crippen LogP contribution >= 0.6 is 0 Å². The van der Waals surface area contributed by atoms with Gasteiger partial charge in [0.1, 0.15) is 6.61 Å². The molecule has 112 valence electrons. The van der Waals surface area contributed by atoms with Gasteiger partial charge in [-0.25, -0.2) is 0 Å². The molecule has 1 N–H and O–H groups in total. The van der Waals surface area contributed by atoms with E-state index < -0.39 is 0 Å². The lowest BCUT2D eigenvalue weighted by Crippen LogP contribution is -2.18. The van der Waals surface area contributed by atoms with Crippen LogP contribution in [0.5, 0.6) is 11.5 Å². The lowest BCUT2D eigenvalue weighted by Gasteiger charge is -2.12. The van der Waals surface area contributed by atoms with Crippen LogP contribution in [0.2, 0.25) is 0 Å². The number of ether oxygens (including phenoxy) is 3. The third-order valence-electron chi connectivity index (χ3n) is 2.77. The molecule has 0 atom stereocenters. The summed E-state index contributed by atoms with van der Waals surface area (Å²) < 4.78 is 16.1. The molecule has 0 spiro atoms. The monoisotopic (exact) mass is 279 g/mol. The van der Waals surface area contributed by atoms with E-state index in [1.54, 1.807) is 14.2 Å². The summed E-state index contributed by atoms with van der Waals surface area (Å²) in [5, 5.41) is 3.30. The largest absolute Gasteiger partial charge is 0.493 e. The van der Waals surface area contributed by atoms with E-state index in [4.69, 9.17) is 14.2 Å².